The van der Waals surface area contributed by atoms with Gasteiger partial charge in [-0.2, -0.15) is 5.10 Å². The molecule has 1 aliphatic rings. The molecule has 0 unspecified atom stereocenters. The number of hydrogen-bond donors (Lipinski definition) is 1. The first-order valence-electron chi connectivity index (χ1n) is 5.67. The van der Waals surface area contributed by atoms with Gasteiger partial charge in [-0.3, -0.25) is 9.78 Å². The van der Waals surface area contributed by atoms with Gasteiger partial charge in [-0.25, -0.2) is 4.68 Å². The molecule has 3 rings (SSSR count). The summed E-state index contributed by atoms with van der Waals surface area (Å²) in [7, 11) is 0. The van der Waals surface area contributed by atoms with Crippen LogP contribution in [0.2, 0.25) is 0 Å². The van der Waals surface area contributed by atoms with E-state index in [1.165, 1.54) is 6.20 Å². The molecule has 1 fully saturated rings. The summed E-state index contributed by atoms with van der Waals surface area (Å²) in [5.41, 5.74) is 0.523. The predicted octanol–water partition coefficient (Wildman–Crippen LogP) is 1.10. The number of nitrogens with one attached hydrogen (secondary N) is 1. The monoisotopic (exact) mass is 244 g/mol. The van der Waals surface area contributed by atoms with Crippen molar-refractivity contribution in [3.05, 3.63) is 42.4 Å². The maximum atomic E-state index is 12.0. The molecule has 0 radical (unpaired) electrons. The number of pyridine rings is 1. The second-order valence-corrected chi connectivity index (χ2v) is 4.05. The first-order valence-corrected chi connectivity index (χ1v) is 5.67. The van der Waals surface area contributed by atoms with Crippen molar-refractivity contribution in [1.82, 2.24) is 14.8 Å². The number of rotatable bonds is 3. The largest absolute Gasteiger partial charge is 0.377 e. The van der Waals surface area contributed by atoms with Gasteiger partial charge in [0.25, 0.3) is 5.91 Å². The average molecular weight is 244 g/mol. The molecule has 0 saturated carbocycles. The van der Waals surface area contributed by atoms with Gasteiger partial charge in [0.15, 0.2) is 0 Å². The van der Waals surface area contributed by atoms with Gasteiger partial charge in [0, 0.05) is 18.5 Å². The molecule has 1 amide bonds. The average Bonchev–Trinajstić information content (AvgIpc) is 2.76. The van der Waals surface area contributed by atoms with Crippen molar-refractivity contribution in [2.45, 2.75) is 6.04 Å². The molecule has 2 aromatic heterocycles. The van der Waals surface area contributed by atoms with Crippen LogP contribution in [0.3, 0.4) is 0 Å². The lowest BCUT2D eigenvalue weighted by molar-refractivity contribution is -0.0276. The Kier molecular flexibility index (Phi) is 2.77. The Balaban J connectivity index is 1.76. The molecule has 0 atom stereocenters. The highest BCUT2D eigenvalue weighted by Gasteiger charge is 2.23. The number of ether oxygens (including phenoxy) is 1. The summed E-state index contributed by atoms with van der Waals surface area (Å²) in [6.07, 6.45) is 4.83. The van der Waals surface area contributed by atoms with E-state index in [4.69, 9.17) is 4.74 Å². The molecule has 1 N–H and O–H groups in total. The quantitative estimate of drug-likeness (QED) is 0.877. The van der Waals surface area contributed by atoms with Crippen LogP contribution in [0.5, 0.6) is 0 Å². The number of hydrogen-bond acceptors (Lipinski definition) is 4. The van der Waals surface area contributed by atoms with Crippen LogP contribution in [0.4, 0.5) is 5.82 Å². The summed E-state index contributed by atoms with van der Waals surface area (Å²) in [6, 6.07) is 5.43. The van der Waals surface area contributed by atoms with Gasteiger partial charge in [0.1, 0.15) is 11.9 Å². The van der Waals surface area contributed by atoms with Crippen molar-refractivity contribution < 1.29 is 9.53 Å². The standard InChI is InChI=1S/C12H12N4O2/c17-12(9-2-1-4-13-6-9)15-11-3-5-14-16(11)10-7-18-8-10/h1-6,10H,7-8H2,(H,15,17). The summed E-state index contributed by atoms with van der Waals surface area (Å²) < 4.78 is 6.90. The first-order chi connectivity index (χ1) is 8.84. The van der Waals surface area contributed by atoms with Crippen molar-refractivity contribution in [2.24, 2.45) is 0 Å². The fourth-order valence-corrected chi connectivity index (χ4v) is 1.75. The van der Waals surface area contributed by atoms with Gasteiger partial charge in [0.05, 0.1) is 25.0 Å². The zero-order valence-electron chi connectivity index (χ0n) is 9.61. The fraction of sp³-hybridized carbons (Fsp3) is 0.250. The summed E-state index contributed by atoms with van der Waals surface area (Å²) >= 11 is 0. The highest BCUT2D eigenvalue weighted by Crippen LogP contribution is 2.21. The van der Waals surface area contributed by atoms with Crippen LogP contribution in [0.15, 0.2) is 36.8 Å². The van der Waals surface area contributed by atoms with Gasteiger partial charge in [0.2, 0.25) is 0 Å². The highest BCUT2D eigenvalue weighted by molar-refractivity contribution is 6.03. The Labute approximate surface area is 104 Å². The van der Waals surface area contributed by atoms with E-state index >= 15 is 0 Å². The van der Waals surface area contributed by atoms with E-state index in [1.807, 2.05) is 0 Å². The molecule has 1 saturated heterocycles. The molecule has 0 aromatic carbocycles. The topological polar surface area (TPSA) is 69.0 Å². The minimum atomic E-state index is -0.190. The number of carbonyl (C=O) groups is 1. The molecule has 92 valence electrons. The Morgan fingerprint density at radius 2 is 2.28 bits per heavy atom. The molecule has 18 heavy (non-hydrogen) atoms. The molecule has 6 nitrogen and oxygen atoms in total. The van der Waals surface area contributed by atoms with Crippen molar-refractivity contribution in [3.63, 3.8) is 0 Å². The molecule has 2 aromatic rings. The van der Waals surface area contributed by atoms with Crippen LogP contribution in [0.1, 0.15) is 16.4 Å². The van der Waals surface area contributed by atoms with E-state index in [1.54, 1.807) is 35.3 Å². The lowest BCUT2D eigenvalue weighted by atomic mass is 10.2. The second kappa shape index (κ2) is 4.58. The second-order valence-electron chi connectivity index (χ2n) is 4.05. The maximum absolute atomic E-state index is 12.0. The minimum absolute atomic E-state index is 0.190. The van der Waals surface area contributed by atoms with Crippen molar-refractivity contribution in [2.75, 3.05) is 18.5 Å². The normalized spacial score (nSPS) is 15.1. The fourth-order valence-electron chi connectivity index (χ4n) is 1.75. The number of carbonyl (C=O) groups excluding carboxylic acids is 1. The number of aromatic nitrogens is 3. The van der Waals surface area contributed by atoms with Crippen LogP contribution in [0, 0.1) is 0 Å². The van der Waals surface area contributed by atoms with E-state index in [2.05, 4.69) is 15.4 Å². The maximum Gasteiger partial charge on any atom is 0.258 e. The van der Waals surface area contributed by atoms with Gasteiger partial charge in [-0.05, 0) is 12.1 Å². The van der Waals surface area contributed by atoms with Gasteiger partial charge < -0.3 is 10.1 Å². The van der Waals surface area contributed by atoms with Crippen molar-refractivity contribution in [3.8, 4) is 0 Å². The molecule has 0 aliphatic carbocycles. The molecule has 1 aliphatic heterocycles. The highest BCUT2D eigenvalue weighted by atomic mass is 16.5. The Hall–Kier alpha value is -2.21. The van der Waals surface area contributed by atoms with Gasteiger partial charge in [-0.15, -0.1) is 0 Å². The molecule has 3 heterocycles. The first kappa shape index (κ1) is 10.9. The van der Waals surface area contributed by atoms with Crippen LogP contribution in [0.25, 0.3) is 0 Å². The summed E-state index contributed by atoms with van der Waals surface area (Å²) in [4.78, 5) is 15.9. The third-order valence-corrected chi connectivity index (χ3v) is 2.80. The SMILES string of the molecule is O=C(Nc1ccnn1C1COC1)c1cccnc1. The number of anilines is 1. The Morgan fingerprint density at radius 3 is 2.94 bits per heavy atom. The van der Waals surface area contributed by atoms with Crippen molar-refractivity contribution in [1.29, 1.82) is 0 Å². The Bertz CT molecular complexity index is 548. The summed E-state index contributed by atoms with van der Waals surface area (Å²) in [6.45, 7) is 1.27. The molecular weight excluding hydrogens is 232 g/mol. The zero-order valence-corrected chi connectivity index (χ0v) is 9.61. The zero-order chi connectivity index (χ0) is 12.4. The third-order valence-electron chi connectivity index (χ3n) is 2.80. The van der Waals surface area contributed by atoms with Crippen molar-refractivity contribution >= 4 is 11.7 Å². The minimum Gasteiger partial charge on any atom is -0.377 e. The third kappa shape index (κ3) is 1.98. The molecule has 0 spiro atoms. The lowest BCUT2D eigenvalue weighted by Gasteiger charge is -2.27. The smallest absolute Gasteiger partial charge is 0.258 e. The van der Waals surface area contributed by atoms with Crippen LogP contribution < -0.4 is 5.32 Å². The van der Waals surface area contributed by atoms with Gasteiger partial charge >= 0.3 is 0 Å². The predicted molar refractivity (Wildman–Crippen MR) is 64.3 cm³/mol. The van der Waals surface area contributed by atoms with E-state index in [0.717, 1.165) is 0 Å². The van der Waals surface area contributed by atoms with Crippen LogP contribution in [-0.2, 0) is 4.74 Å². The van der Waals surface area contributed by atoms with E-state index < -0.39 is 0 Å². The summed E-state index contributed by atoms with van der Waals surface area (Å²) in [5.74, 6) is 0.488. The van der Waals surface area contributed by atoms with E-state index in [0.29, 0.717) is 24.6 Å². The van der Waals surface area contributed by atoms with Gasteiger partial charge in [-0.1, -0.05) is 0 Å². The van der Waals surface area contributed by atoms with Crippen LogP contribution in [-0.4, -0.2) is 33.9 Å². The molecular formula is C12H12N4O2. The number of amides is 1. The molecule has 6 heteroatoms. The number of nitrogens with zero attached hydrogens (tertiary/aromatic N) is 3. The summed E-state index contributed by atoms with van der Waals surface area (Å²) in [5, 5.41) is 7.01. The molecule has 0 bridgehead atoms. The Morgan fingerprint density at radius 1 is 1.39 bits per heavy atom. The lowest BCUT2D eigenvalue weighted by Crippen LogP contribution is -2.32. The van der Waals surface area contributed by atoms with Crippen LogP contribution >= 0.6 is 0 Å². The van der Waals surface area contributed by atoms with E-state index in [9.17, 15) is 4.79 Å². The van der Waals surface area contributed by atoms with E-state index in [-0.39, 0.29) is 11.9 Å².